The van der Waals surface area contributed by atoms with Crippen molar-refractivity contribution in [3.05, 3.63) is 0 Å². The molecule has 0 aromatic heterocycles. The van der Waals surface area contributed by atoms with Gasteiger partial charge in [0.2, 0.25) is 0 Å². The van der Waals surface area contributed by atoms with E-state index in [2.05, 4.69) is 13.8 Å². The van der Waals surface area contributed by atoms with Crippen molar-refractivity contribution >= 4 is 11.9 Å². The van der Waals surface area contributed by atoms with Gasteiger partial charge in [-0.1, -0.05) is 194 Å². The second-order valence-electron chi connectivity index (χ2n) is 19.1. The highest BCUT2D eigenvalue weighted by molar-refractivity contribution is 5.70. The number of ether oxygens (including phenoxy) is 6. The Hall–Kier alpha value is -1.50. The van der Waals surface area contributed by atoms with Crippen molar-refractivity contribution < 1.29 is 73.8 Å². The summed E-state index contributed by atoms with van der Waals surface area (Å²) in [4.78, 5) is 25.8. The van der Waals surface area contributed by atoms with Gasteiger partial charge in [-0.3, -0.25) is 9.59 Å². The average molecular weight is 949 g/mol. The highest BCUT2D eigenvalue weighted by Crippen LogP contribution is 2.27. The molecule has 0 saturated carbocycles. The van der Waals surface area contributed by atoms with E-state index in [1.807, 2.05) is 0 Å². The molecule has 2 aliphatic rings. The Morgan fingerprint density at radius 3 is 1.18 bits per heavy atom. The van der Waals surface area contributed by atoms with E-state index in [0.29, 0.717) is 12.8 Å². The van der Waals surface area contributed by atoms with Crippen LogP contribution in [-0.4, -0.2) is 142 Å². The molecule has 390 valence electrons. The number of esters is 2. The molecule has 2 aliphatic heterocycles. The Balaban J connectivity index is 1.78. The number of hydrogen-bond acceptors (Lipinski definition) is 15. The van der Waals surface area contributed by atoms with Gasteiger partial charge in [-0.15, -0.1) is 0 Å². The molecular weight excluding hydrogens is 853 g/mol. The standard InChI is InChI=1S/C51H96O15/c1-3-5-7-9-11-13-15-17-18-19-20-22-23-25-27-29-31-33-42(53)61-36-39(64-43(54)34-32-30-28-26-24-21-16-14-12-10-8-6-4-2)37-62-50-49(60)47(58)45(56)41(66-50)38-63-51-48(59)46(57)44(55)40(35-52)65-51/h39-41,44-52,55-60H,3-38H2,1-2H3/t39-,40+,41+,44-,45-,46?,47?,48?,49?,50+,51+/m0/s1. The lowest BCUT2D eigenvalue weighted by atomic mass is 9.98. The normalized spacial score (nSPS) is 26.1. The monoisotopic (exact) mass is 949 g/mol. The van der Waals surface area contributed by atoms with Crippen LogP contribution in [0.3, 0.4) is 0 Å². The van der Waals surface area contributed by atoms with Crippen LogP contribution in [0.5, 0.6) is 0 Å². The van der Waals surface area contributed by atoms with E-state index in [4.69, 9.17) is 28.4 Å². The van der Waals surface area contributed by atoms with Crippen molar-refractivity contribution in [2.24, 2.45) is 0 Å². The second kappa shape index (κ2) is 39.2. The Bertz CT molecular complexity index is 1160. The van der Waals surface area contributed by atoms with Gasteiger partial charge >= 0.3 is 11.9 Å². The first kappa shape index (κ1) is 60.6. The van der Waals surface area contributed by atoms with Gasteiger partial charge < -0.3 is 64.2 Å². The minimum atomic E-state index is -1.76. The first-order valence-corrected chi connectivity index (χ1v) is 26.6. The zero-order chi connectivity index (χ0) is 48.2. The van der Waals surface area contributed by atoms with Crippen molar-refractivity contribution in [1.29, 1.82) is 0 Å². The van der Waals surface area contributed by atoms with Gasteiger partial charge in [-0.05, 0) is 12.8 Å². The van der Waals surface area contributed by atoms with Crippen LogP contribution >= 0.6 is 0 Å². The summed E-state index contributed by atoms with van der Waals surface area (Å²) in [5.74, 6) is -0.909. The molecule has 2 fully saturated rings. The lowest BCUT2D eigenvalue weighted by Crippen LogP contribution is -2.61. The molecule has 2 rings (SSSR count). The largest absolute Gasteiger partial charge is 0.462 e. The molecule has 2 heterocycles. The van der Waals surface area contributed by atoms with Crippen LogP contribution in [0.15, 0.2) is 0 Å². The highest BCUT2D eigenvalue weighted by atomic mass is 16.7. The van der Waals surface area contributed by atoms with E-state index in [0.717, 1.165) is 38.5 Å². The quantitative estimate of drug-likeness (QED) is 0.0231. The zero-order valence-electron chi connectivity index (χ0n) is 41.2. The van der Waals surface area contributed by atoms with Gasteiger partial charge in [0, 0.05) is 12.8 Å². The lowest BCUT2D eigenvalue weighted by Gasteiger charge is -2.42. The number of rotatable bonds is 42. The van der Waals surface area contributed by atoms with Crippen molar-refractivity contribution in [2.45, 2.75) is 287 Å². The van der Waals surface area contributed by atoms with Gasteiger partial charge in [-0.25, -0.2) is 0 Å². The summed E-state index contributed by atoms with van der Waals surface area (Å²) in [7, 11) is 0. The molecular formula is C51H96O15. The third-order valence-corrected chi connectivity index (χ3v) is 13.1. The van der Waals surface area contributed by atoms with Crippen molar-refractivity contribution in [2.75, 3.05) is 26.4 Å². The predicted molar refractivity (Wildman–Crippen MR) is 252 cm³/mol. The SMILES string of the molecule is CCCCCCCCCCCCCCCCCCCC(=O)OC[C@@H](CO[C@@H]1O[C@H](CO[C@@H]2O[C@H](CO)[C@H](O)C(O)C2O)[C@H](O)C(O)C1O)OC(=O)CCCCCCCCCCCCCCC. The summed E-state index contributed by atoms with van der Waals surface area (Å²) >= 11 is 0. The maximum absolute atomic E-state index is 13.0. The Morgan fingerprint density at radius 1 is 0.424 bits per heavy atom. The minimum absolute atomic E-state index is 0.173. The summed E-state index contributed by atoms with van der Waals surface area (Å²) in [6, 6.07) is 0. The van der Waals surface area contributed by atoms with Crippen molar-refractivity contribution in [1.82, 2.24) is 0 Å². The van der Waals surface area contributed by atoms with E-state index in [9.17, 15) is 45.3 Å². The maximum atomic E-state index is 13.0. The molecule has 0 bridgehead atoms. The third kappa shape index (κ3) is 27.0. The second-order valence-corrected chi connectivity index (χ2v) is 19.1. The van der Waals surface area contributed by atoms with Crippen LogP contribution in [0.4, 0.5) is 0 Å². The average Bonchev–Trinajstić information content (AvgIpc) is 3.31. The Labute approximate surface area is 398 Å². The van der Waals surface area contributed by atoms with Gasteiger partial charge in [-0.2, -0.15) is 0 Å². The molecule has 0 amide bonds. The summed E-state index contributed by atoms with van der Waals surface area (Å²) in [6.07, 6.45) is 19.8. The third-order valence-electron chi connectivity index (χ3n) is 13.1. The molecule has 0 spiro atoms. The Morgan fingerprint density at radius 2 is 0.773 bits per heavy atom. The van der Waals surface area contributed by atoms with E-state index in [1.54, 1.807) is 0 Å². The molecule has 7 N–H and O–H groups in total. The fourth-order valence-corrected chi connectivity index (χ4v) is 8.69. The number of carbonyl (C=O) groups excluding carboxylic acids is 2. The number of aliphatic hydroxyl groups excluding tert-OH is 7. The van der Waals surface area contributed by atoms with Crippen LogP contribution in [0.2, 0.25) is 0 Å². The first-order chi connectivity index (χ1) is 32.0. The maximum Gasteiger partial charge on any atom is 0.306 e. The molecule has 66 heavy (non-hydrogen) atoms. The molecule has 0 aliphatic carbocycles. The number of aliphatic hydroxyl groups is 7. The summed E-state index contributed by atoms with van der Waals surface area (Å²) in [6.45, 7) is 2.63. The van der Waals surface area contributed by atoms with E-state index in [-0.39, 0.29) is 26.1 Å². The first-order valence-electron chi connectivity index (χ1n) is 26.6. The van der Waals surface area contributed by atoms with E-state index < -0.39 is 92.7 Å². The lowest BCUT2D eigenvalue weighted by molar-refractivity contribution is -0.332. The molecule has 0 radical (unpaired) electrons. The number of unbranched alkanes of at least 4 members (excludes halogenated alkanes) is 28. The highest BCUT2D eigenvalue weighted by Gasteiger charge is 2.47. The predicted octanol–water partition coefficient (Wildman–Crippen LogP) is 7.61. The zero-order valence-corrected chi connectivity index (χ0v) is 41.2. The van der Waals surface area contributed by atoms with Crippen molar-refractivity contribution in [3.63, 3.8) is 0 Å². The van der Waals surface area contributed by atoms with E-state index >= 15 is 0 Å². The molecule has 0 aromatic carbocycles. The van der Waals surface area contributed by atoms with Gasteiger partial charge in [0.1, 0.15) is 55.4 Å². The molecule has 4 unspecified atom stereocenters. The van der Waals surface area contributed by atoms with Crippen LogP contribution < -0.4 is 0 Å². The molecule has 15 nitrogen and oxygen atoms in total. The molecule has 0 aromatic rings. The van der Waals surface area contributed by atoms with Crippen LogP contribution in [0.1, 0.15) is 219 Å². The molecule has 2 saturated heterocycles. The Kier molecular flexibility index (Phi) is 36.0. The van der Waals surface area contributed by atoms with Gasteiger partial charge in [0.15, 0.2) is 18.7 Å². The minimum Gasteiger partial charge on any atom is -0.462 e. The van der Waals surface area contributed by atoms with Crippen molar-refractivity contribution in [3.8, 4) is 0 Å². The molecule has 15 heteroatoms. The summed E-state index contributed by atoms with van der Waals surface area (Å²) in [5.41, 5.74) is 0. The van der Waals surface area contributed by atoms with Crippen LogP contribution in [-0.2, 0) is 38.0 Å². The van der Waals surface area contributed by atoms with Crippen LogP contribution in [0.25, 0.3) is 0 Å². The van der Waals surface area contributed by atoms with Gasteiger partial charge in [0.25, 0.3) is 0 Å². The van der Waals surface area contributed by atoms with E-state index in [1.165, 1.54) is 141 Å². The summed E-state index contributed by atoms with van der Waals surface area (Å²) in [5, 5.41) is 72.1. The number of hydrogen-bond donors (Lipinski definition) is 7. The fourth-order valence-electron chi connectivity index (χ4n) is 8.69. The summed E-state index contributed by atoms with van der Waals surface area (Å²) < 4.78 is 33.6. The van der Waals surface area contributed by atoms with Gasteiger partial charge in [0.05, 0.1) is 19.8 Å². The topological polar surface area (TPSA) is 231 Å². The molecule has 11 atom stereocenters. The number of carbonyl (C=O) groups is 2. The fraction of sp³-hybridized carbons (Fsp3) is 0.961. The van der Waals surface area contributed by atoms with Crippen LogP contribution in [0, 0.1) is 0 Å². The smallest absolute Gasteiger partial charge is 0.306 e.